The molecule has 1 aliphatic heterocycles. The Morgan fingerprint density at radius 2 is 1.62 bits per heavy atom. The number of ketones is 1. The van der Waals surface area contributed by atoms with Crippen molar-refractivity contribution in [2.75, 3.05) is 5.01 Å². The van der Waals surface area contributed by atoms with Crippen LogP contribution in [0.5, 0.6) is 0 Å². The van der Waals surface area contributed by atoms with Crippen molar-refractivity contribution < 1.29 is 14.0 Å². The number of Topliss-reactive ketones (excluding diaryl/α,β-unsaturated/α-hetero) is 1. The lowest BCUT2D eigenvalue weighted by molar-refractivity contribution is -0.118. The average Bonchev–Trinajstić information content (AvgIpc) is 3.26. The zero-order valence-corrected chi connectivity index (χ0v) is 15.1. The van der Waals surface area contributed by atoms with Gasteiger partial charge in [0, 0.05) is 0 Å². The van der Waals surface area contributed by atoms with Gasteiger partial charge in [-0.1, -0.05) is 48.5 Å². The fraction of sp³-hybridized carbons (Fsp3) is 0.0500. The van der Waals surface area contributed by atoms with Crippen molar-refractivity contribution in [1.29, 1.82) is 0 Å². The van der Waals surface area contributed by atoms with E-state index in [2.05, 4.69) is 21.0 Å². The number of anilines is 1. The first-order chi connectivity index (χ1) is 12.6. The van der Waals surface area contributed by atoms with Gasteiger partial charge >= 0.3 is 0 Å². The highest BCUT2D eigenvalue weighted by Crippen LogP contribution is 2.29. The van der Waals surface area contributed by atoms with E-state index in [0.29, 0.717) is 16.1 Å². The molecule has 0 aliphatic carbocycles. The SMILES string of the molecule is O=C(c1ccc(Br)o1)[C@H]1C(=O)N(c2ccccc2)N=C1c1ccccc1. The number of furan rings is 1. The van der Waals surface area contributed by atoms with Crippen LogP contribution in [0.3, 0.4) is 0 Å². The number of carbonyl (C=O) groups is 2. The first-order valence-electron chi connectivity index (χ1n) is 7.97. The summed E-state index contributed by atoms with van der Waals surface area (Å²) in [6, 6.07) is 21.5. The van der Waals surface area contributed by atoms with Crippen molar-refractivity contribution in [2.24, 2.45) is 11.0 Å². The average molecular weight is 409 g/mol. The second-order valence-electron chi connectivity index (χ2n) is 5.74. The van der Waals surface area contributed by atoms with Crippen LogP contribution in [0.2, 0.25) is 0 Å². The van der Waals surface area contributed by atoms with E-state index in [0.717, 1.165) is 5.56 Å². The number of hydrogen-bond donors (Lipinski definition) is 0. The Morgan fingerprint density at radius 3 is 2.23 bits per heavy atom. The number of hydrazone groups is 1. The van der Waals surface area contributed by atoms with Crippen LogP contribution < -0.4 is 5.01 Å². The molecule has 3 aromatic rings. The Hall–Kier alpha value is -2.99. The summed E-state index contributed by atoms with van der Waals surface area (Å²) in [7, 11) is 0. The largest absolute Gasteiger partial charge is 0.446 e. The smallest absolute Gasteiger partial charge is 0.264 e. The van der Waals surface area contributed by atoms with Gasteiger partial charge in [0.15, 0.2) is 16.3 Å². The Labute approximate surface area is 158 Å². The van der Waals surface area contributed by atoms with Crippen LogP contribution in [0, 0.1) is 5.92 Å². The molecule has 128 valence electrons. The maximum atomic E-state index is 13.0. The molecule has 2 heterocycles. The number of carbonyl (C=O) groups excluding carboxylic acids is 2. The minimum Gasteiger partial charge on any atom is -0.446 e. The van der Waals surface area contributed by atoms with E-state index in [9.17, 15) is 9.59 Å². The predicted octanol–water partition coefficient (Wildman–Crippen LogP) is 4.29. The van der Waals surface area contributed by atoms with E-state index >= 15 is 0 Å². The number of halogens is 1. The number of rotatable bonds is 4. The summed E-state index contributed by atoms with van der Waals surface area (Å²) in [5, 5.41) is 5.75. The number of benzene rings is 2. The molecule has 1 amide bonds. The molecule has 0 unspecified atom stereocenters. The van der Waals surface area contributed by atoms with E-state index in [1.165, 1.54) is 5.01 Å². The Kier molecular flexibility index (Phi) is 4.26. The predicted molar refractivity (Wildman–Crippen MR) is 101 cm³/mol. The van der Waals surface area contributed by atoms with Gasteiger partial charge in [-0.25, -0.2) is 0 Å². The highest BCUT2D eigenvalue weighted by atomic mass is 79.9. The third-order valence-electron chi connectivity index (χ3n) is 4.09. The van der Waals surface area contributed by atoms with Crippen LogP contribution in [-0.2, 0) is 4.79 Å². The molecule has 0 N–H and O–H groups in total. The molecular weight excluding hydrogens is 396 g/mol. The van der Waals surface area contributed by atoms with Crippen LogP contribution in [0.15, 0.2) is 87.0 Å². The molecular formula is C20H13BrN2O3. The van der Waals surface area contributed by atoms with Crippen LogP contribution >= 0.6 is 15.9 Å². The summed E-state index contributed by atoms with van der Waals surface area (Å²) in [6.07, 6.45) is 0. The van der Waals surface area contributed by atoms with Crippen LogP contribution in [-0.4, -0.2) is 17.4 Å². The minimum atomic E-state index is -1.05. The van der Waals surface area contributed by atoms with Crippen LogP contribution in [0.1, 0.15) is 16.1 Å². The van der Waals surface area contributed by atoms with E-state index in [-0.39, 0.29) is 5.76 Å². The molecule has 0 saturated heterocycles. The quantitative estimate of drug-likeness (QED) is 0.477. The van der Waals surface area contributed by atoms with Crippen molar-refractivity contribution in [2.45, 2.75) is 0 Å². The van der Waals surface area contributed by atoms with Crippen LogP contribution in [0.25, 0.3) is 0 Å². The van der Waals surface area contributed by atoms with Gasteiger partial charge in [-0.05, 0) is 45.8 Å². The maximum Gasteiger partial charge on any atom is 0.264 e. The van der Waals surface area contributed by atoms with E-state index in [1.807, 2.05) is 48.5 Å². The van der Waals surface area contributed by atoms with E-state index in [4.69, 9.17) is 4.42 Å². The molecule has 4 rings (SSSR count). The normalized spacial score (nSPS) is 16.7. The van der Waals surface area contributed by atoms with Gasteiger partial charge in [-0.3, -0.25) is 9.59 Å². The first-order valence-corrected chi connectivity index (χ1v) is 8.77. The topological polar surface area (TPSA) is 62.9 Å². The van der Waals surface area contributed by atoms with Gasteiger partial charge in [0.1, 0.15) is 0 Å². The first kappa shape index (κ1) is 16.5. The molecule has 26 heavy (non-hydrogen) atoms. The molecule has 2 aromatic carbocycles. The van der Waals surface area contributed by atoms with Crippen LogP contribution in [0.4, 0.5) is 5.69 Å². The zero-order valence-electron chi connectivity index (χ0n) is 13.5. The summed E-state index contributed by atoms with van der Waals surface area (Å²) in [5.74, 6) is -1.74. The molecule has 0 bridgehead atoms. The van der Waals surface area contributed by atoms with Crippen molar-refractivity contribution >= 4 is 39.0 Å². The monoisotopic (exact) mass is 408 g/mol. The maximum absolute atomic E-state index is 13.0. The van der Waals surface area contributed by atoms with Gasteiger partial charge in [-0.2, -0.15) is 10.1 Å². The Balaban J connectivity index is 1.79. The molecule has 0 radical (unpaired) electrons. The number of hydrogen-bond acceptors (Lipinski definition) is 4. The second-order valence-corrected chi connectivity index (χ2v) is 6.52. The summed E-state index contributed by atoms with van der Waals surface area (Å²) >= 11 is 3.19. The van der Waals surface area contributed by atoms with Crippen molar-refractivity contribution in [1.82, 2.24) is 0 Å². The Bertz CT molecular complexity index is 996. The summed E-state index contributed by atoms with van der Waals surface area (Å²) in [6.45, 7) is 0. The fourth-order valence-corrected chi connectivity index (χ4v) is 3.17. The lowest BCUT2D eigenvalue weighted by Gasteiger charge is -2.13. The van der Waals surface area contributed by atoms with Crippen molar-refractivity contribution in [3.8, 4) is 0 Å². The number of amides is 1. The van der Waals surface area contributed by atoms with E-state index < -0.39 is 17.6 Å². The molecule has 0 saturated carbocycles. The van der Waals surface area contributed by atoms with Gasteiger partial charge in [0.05, 0.1) is 11.4 Å². The van der Waals surface area contributed by atoms with Gasteiger partial charge in [0.2, 0.25) is 5.78 Å². The highest BCUT2D eigenvalue weighted by Gasteiger charge is 2.43. The van der Waals surface area contributed by atoms with Gasteiger partial charge in [0.25, 0.3) is 5.91 Å². The second kappa shape index (κ2) is 6.72. The summed E-state index contributed by atoms with van der Waals surface area (Å²) < 4.78 is 5.81. The number of nitrogens with zero attached hydrogens (tertiary/aromatic N) is 2. The molecule has 1 atom stereocenters. The third-order valence-corrected chi connectivity index (χ3v) is 4.51. The molecule has 1 aliphatic rings. The standard InChI is InChI=1S/C20H13BrN2O3/c21-16-12-11-15(26-16)19(24)17-18(13-7-3-1-4-8-13)22-23(20(17)25)14-9-5-2-6-10-14/h1-12,17H/t17-/m0/s1. The molecule has 0 spiro atoms. The third kappa shape index (κ3) is 2.88. The molecule has 1 aromatic heterocycles. The summed E-state index contributed by atoms with van der Waals surface area (Å²) in [5.41, 5.74) is 1.75. The number of para-hydroxylation sites is 1. The van der Waals surface area contributed by atoms with Crippen molar-refractivity contribution in [3.05, 3.63) is 88.8 Å². The lowest BCUT2D eigenvalue weighted by Crippen LogP contribution is -2.33. The molecule has 0 fully saturated rings. The van der Waals surface area contributed by atoms with Gasteiger partial charge in [-0.15, -0.1) is 0 Å². The highest BCUT2D eigenvalue weighted by molar-refractivity contribution is 9.10. The molecule has 6 heteroatoms. The Morgan fingerprint density at radius 1 is 0.962 bits per heavy atom. The minimum absolute atomic E-state index is 0.119. The van der Waals surface area contributed by atoms with E-state index in [1.54, 1.807) is 24.3 Å². The van der Waals surface area contributed by atoms with Gasteiger partial charge < -0.3 is 4.42 Å². The summed E-state index contributed by atoms with van der Waals surface area (Å²) in [4.78, 5) is 26.0. The lowest BCUT2D eigenvalue weighted by atomic mass is 9.91. The van der Waals surface area contributed by atoms with Crippen molar-refractivity contribution in [3.63, 3.8) is 0 Å². The molecule has 5 nitrogen and oxygen atoms in total. The zero-order chi connectivity index (χ0) is 18.1. The fourth-order valence-electron chi connectivity index (χ4n) is 2.87.